The topological polar surface area (TPSA) is 108 Å². The van der Waals surface area contributed by atoms with E-state index in [2.05, 4.69) is 15.1 Å². The fourth-order valence-electron chi connectivity index (χ4n) is 4.24. The molecule has 2 aliphatic heterocycles. The fourth-order valence-corrected chi connectivity index (χ4v) is 4.24. The molecule has 2 aromatic heterocycles. The maximum atomic E-state index is 13.3. The molecule has 0 radical (unpaired) electrons. The molecule has 202 valence electrons. The zero-order valence-corrected chi connectivity index (χ0v) is 19.6. The molecule has 16 heteroatoms. The SMILES string of the molecule is Cc1c(CN2CCO[C@H](C(=O)N3CCN(c4ncc(C(F)(F)F)cn4)CC3)C2)n[nH]c(=O)c1C(F)(F)F. The van der Waals surface area contributed by atoms with Crippen molar-refractivity contribution in [2.75, 3.05) is 50.8 Å². The van der Waals surface area contributed by atoms with Crippen LogP contribution in [-0.2, 0) is 28.4 Å². The highest BCUT2D eigenvalue weighted by Gasteiger charge is 2.38. The number of nitrogens with one attached hydrogen (secondary N) is 1. The van der Waals surface area contributed by atoms with E-state index in [1.54, 1.807) is 14.7 Å². The van der Waals surface area contributed by atoms with Crippen LogP contribution in [-0.4, -0.2) is 87.9 Å². The summed E-state index contributed by atoms with van der Waals surface area (Å²) in [5.74, 6) is -0.179. The van der Waals surface area contributed by atoms with Crippen LogP contribution in [0.4, 0.5) is 32.3 Å². The van der Waals surface area contributed by atoms with Gasteiger partial charge in [-0.3, -0.25) is 14.5 Å². The van der Waals surface area contributed by atoms with Gasteiger partial charge >= 0.3 is 12.4 Å². The van der Waals surface area contributed by atoms with Gasteiger partial charge in [0, 0.05) is 58.2 Å². The highest BCUT2D eigenvalue weighted by Crippen LogP contribution is 2.30. The summed E-state index contributed by atoms with van der Waals surface area (Å²) in [6.07, 6.45) is -8.80. The van der Waals surface area contributed by atoms with Gasteiger partial charge in [0.2, 0.25) is 5.95 Å². The van der Waals surface area contributed by atoms with Crippen molar-refractivity contribution >= 4 is 11.9 Å². The quantitative estimate of drug-likeness (QED) is 0.587. The van der Waals surface area contributed by atoms with Crippen LogP contribution in [0.2, 0.25) is 0 Å². The van der Waals surface area contributed by atoms with E-state index in [0.29, 0.717) is 32.0 Å². The molecule has 0 unspecified atom stereocenters. The molecular formula is C21H23F6N7O3. The van der Waals surface area contributed by atoms with Gasteiger partial charge in [-0.1, -0.05) is 0 Å². The Morgan fingerprint density at radius 2 is 1.70 bits per heavy atom. The molecule has 37 heavy (non-hydrogen) atoms. The summed E-state index contributed by atoms with van der Waals surface area (Å²) in [7, 11) is 0. The van der Waals surface area contributed by atoms with Crippen molar-refractivity contribution in [3.05, 3.63) is 45.1 Å². The molecular weight excluding hydrogens is 512 g/mol. The van der Waals surface area contributed by atoms with Crippen LogP contribution in [0, 0.1) is 6.92 Å². The number of alkyl halides is 6. The van der Waals surface area contributed by atoms with Crippen LogP contribution in [0.1, 0.15) is 22.4 Å². The number of H-pyrrole nitrogens is 1. The molecule has 0 spiro atoms. The van der Waals surface area contributed by atoms with E-state index >= 15 is 0 Å². The first-order valence-corrected chi connectivity index (χ1v) is 11.3. The van der Waals surface area contributed by atoms with Crippen LogP contribution in [0.3, 0.4) is 0 Å². The van der Waals surface area contributed by atoms with Crippen molar-refractivity contribution in [3.63, 3.8) is 0 Å². The number of rotatable bonds is 4. The molecule has 2 aliphatic rings. The standard InChI is InChI=1S/C21H23F6N7O3/c1-12-14(30-31-17(35)16(12)21(25,26)27)10-32-6-7-37-15(11-32)18(36)33-2-4-34(5-3-33)19-28-8-13(9-29-19)20(22,23)24/h8-9,15H,2-7,10-11H2,1H3,(H,31,35)/t15-/m0/s1. The van der Waals surface area contributed by atoms with E-state index in [0.717, 1.165) is 0 Å². The van der Waals surface area contributed by atoms with Crippen LogP contribution in [0.5, 0.6) is 0 Å². The van der Waals surface area contributed by atoms with Gasteiger partial charge in [-0.15, -0.1) is 0 Å². The third kappa shape index (κ3) is 6.01. The second-order valence-electron chi connectivity index (χ2n) is 8.67. The van der Waals surface area contributed by atoms with E-state index in [9.17, 15) is 35.9 Å². The first-order valence-electron chi connectivity index (χ1n) is 11.3. The van der Waals surface area contributed by atoms with Gasteiger partial charge in [0.25, 0.3) is 11.5 Å². The third-order valence-electron chi connectivity index (χ3n) is 6.25. The predicted molar refractivity (Wildman–Crippen MR) is 115 cm³/mol. The summed E-state index contributed by atoms with van der Waals surface area (Å²) in [6.45, 7) is 2.93. The van der Waals surface area contributed by atoms with Gasteiger partial charge in [-0.05, 0) is 12.5 Å². The van der Waals surface area contributed by atoms with Crippen molar-refractivity contribution in [2.45, 2.75) is 31.9 Å². The Morgan fingerprint density at radius 3 is 2.30 bits per heavy atom. The molecule has 4 heterocycles. The lowest BCUT2D eigenvalue weighted by Gasteiger charge is -2.38. The van der Waals surface area contributed by atoms with E-state index < -0.39 is 35.1 Å². The summed E-state index contributed by atoms with van der Waals surface area (Å²) in [4.78, 5) is 37.2. The van der Waals surface area contributed by atoms with Crippen LogP contribution >= 0.6 is 0 Å². The minimum absolute atomic E-state index is 0.0160. The first-order chi connectivity index (χ1) is 17.3. The van der Waals surface area contributed by atoms with Gasteiger partial charge in [-0.25, -0.2) is 15.1 Å². The second-order valence-corrected chi connectivity index (χ2v) is 8.67. The Kier molecular flexibility index (Phi) is 7.41. The fraction of sp³-hybridized carbons (Fsp3) is 0.571. The molecule has 0 aromatic carbocycles. The molecule has 2 aromatic rings. The molecule has 1 amide bonds. The highest BCUT2D eigenvalue weighted by molar-refractivity contribution is 5.81. The van der Waals surface area contributed by atoms with E-state index in [-0.39, 0.29) is 55.9 Å². The van der Waals surface area contributed by atoms with Crippen molar-refractivity contribution in [1.82, 2.24) is 30.0 Å². The number of hydrogen-bond acceptors (Lipinski definition) is 8. The predicted octanol–water partition coefficient (Wildman–Crippen LogP) is 1.46. The average molecular weight is 535 g/mol. The molecule has 2 saturated heterocycles. The Morgan fingerprint density at radius 1 is 1.05 bits per heavy atom. The van der Waals surface area contributed by atoms with Crippen molar-refractivity contribution in [1.29, 1.82) is 0 Å². The van der Waals surface area contributed by atoms with Gasteiger partial charge in [0.15, 0.2) is 0 Å². The maximum Gasteiger partial charge on any atom is 0.422 e. The van der Waals surface area contributed by atoms with Gasteiger partial charge in [0.05, 0.1) is 17.9 Å². The van der Waals surface area contributed by atoms with E-state index in [4.69, 9.17) is 4.74 Å². The largest absolute Gasteiger partial charge is 0.422 e. The molecule has 2 fully saturated rings. The number of aromatic nitrogens is 4. The minimum Gasteiger partial charge on any atom is -0.366 e. The monoisotopic (exact) mass is 535 g/mol. The zero-order chi connectivity index (χ0) is 27.0. The number of piperazine rings is 1. The zero-order valence-electron chi connectivity index (χ0n) is 19.6. The summed E-state index contributed by atoms with van der Waals surface area (Å²) in [5.41, 5.74) is -3.79. The minimum atomic E-state index is -4.83. The number of halogens is 6. The molecule has 0 aliphatic carbocycles. The first kappa shape index (κ1) is 26.8. The number of aromatic amines is 1. The van der Waals surface area contributed by atoms with Crippen molar-refractivity contribution in [2.24, 2.45) is 0 Å². The number of morpholine rings is 1. The third-order valence-corrected chi connectivity index (χ3v) is 6.25. The van der Waals surface area contributed by atoms with Crippen LogP contribution in [0.25, 0.3) is 0 Å². The van der Waals surface area contributed by atoms with E-state index in [1.807, 2.05) is 5.10 Å². The molecule has 1 atom stereocenters. The van der Waals surface area contributed by atoms with Crippen molar-refractivity contribution < 1.29 is 35.9 Å². The number of carbonyl (C=O) groups excluding carboxylic acids is 1. The summed E-state index contributed by atoms with van der Waals surface area (Å²) < 4.78 is 83.5. The normalized spacial score (nSPS) is 19.8. The molecule has 0 saturated carbocycles. The van der Waals surface area contributed by atoms with Crippen LogP contribution < -0.4 is 10.5 Å². The summed E-state index contributed by atoms with van der Waals surface area (Å²) in [5, 5.41) is 5.66. The number of nitrogens with zero attached hydrogens (tertiary/aromatic N) is 6. The molecule has 4 rings (SSSR count). The Bertz CT molecular complexity index is 1180. The Hall–Kier alpha value is -3.27. The van der Waals surface area contributed by atoms with Crippen LogP contribution in [0.15, 0.2) is 17.2 Å². The summed E-state index contributed by atoms with van der Waals surface area (Å²) in [6, 6.07) is 0. The number of ether oxygens (including phenoxy) is 1. The van der Waals surface area contributed by atoms with Crippen molar-refractivity contribution in [3.8, 4) is 0 Å². The number of carbonyl (C=O) groups is 1. The Labute approximate surface area is 206 Å². The molecule has 0 bridgehead atoms. The lowest BCUT2D eigenvalue weighted by Crippen LogP contribution is -2.56. The maximum absolute atomic E-state index is 13.3. The summed E-state index contributed by atoms with van der Waals surface area (Å²) >= 11 is 0. The number of hydrogen-bond donors (Lipinski definition) is 1. The van der Waals surface area contributed by atoms with E-state index in [1.165, 1.54) is 6.92 Å². The number of amides is 1. The smallest absolute Gasteiger partial charge is 0.366 e. The van der Waals surface area contributed by atoms with Gasteiger partial charge in [-0.2, -0.15) is 31.4 Å². The molecule has 10 nitrogen and oxygen atoms in total. The Balaban J connectivity index is 1.35. The lowest BCUT2D eigenvalue weighted by atomic mass is 10.1. The highest BCUT2D eigenvalue weighted by atomic mass is 19.4. The lowest BCUT2D eigenvalue weighted by molar-refractivity contribution is -0.150. The van der Waals surface area contributed by atoms with Gasteiger partial charge in [0.1, 0.15) is 11.7 Å². The average Bonchev–Trinajstić information content (AvgIpc) is 2.84. The second kappa shape index (κ2) is 10.2. The van der Waals surface area contributed by atoms with Gasteiger partial charge < -0.3 is 14.5 Å². The number of anilines is 1. The molecule has 1 N–H and O–H groups in total.